The second-order valence-corrected chi connectivity index (χ2v) is 12.3. The molecule has 0 aromatic heterocycles. The monoisotopic (exact) mass is 360 g/mol. The van der Waals surface area contributed by atoms with Gasteiger partial charge in [-0.1, -0.05) is 13.8 Å². The predicted molar refractivity (Wildman–Crippen MR) is 91.6 cm³/mol. The molecule has 0 fully saturated rings. The molecule has 0 spiro atoms. The van der Waals surface area contributed by atoms with Crippen LogP contribution in [0.4, 0.5) is 0 Å². The highest BCUT2D eigenvalue weighted by Gasteiger charge is 2.36. The fraction of sp³-hybridized carbons (Fsp3) is 1.00. The van der Waals surface area contributed by atoms with E-state index in [-0.39, 0.29) is 0 Å². The maximum Gasteiger partial charge on any atom is 0.333 e. The lowest BCUT2D eigenvalue weighted by atomic mass is 10.3. The summed E-state index contributed by atoms with van der Waals surface area (Å²) in [5, 5.41) is -1.33. The highest BCUT2D eigenvalue weighted by Crippen LogP contribution is 2.55. The Morgan fingerprint density at radius 2 is 0.955 bits per heavy atom. The third-order valence-corrected chi connectivity index (χ3v) is 7.09. The van der Waals surface area contributed by atoms with E-state index in [1.807, 2.05) is 13.8 Å². The van der Waals surface area contributed by atoms with Crippen LogP contribution in [0.3, 0.4) is 0 Å². The number of hydrogen-bond acceptors (Lipinski definition) is 4. The van der Waals surface area contributed by atoms with Gasteiger partial charge in [0.25, 0.3) is 0 Å². The first kappa shape index (κ1) is 24.6. The van der Waals surface area contributed by atoms with Gasteiger partial charge in [0.1, 0.15) is 0 Å². The maximum absolute atomic E-state index is 11.3. The van der Waals surface area contributed by atoms with E-state index >= 15 is 0 Å². The molecule has 0 saturated heterocycles. The lowest BCUT2D eigenvalue weighted by molar-refractivity contribution is 0.241. The summed E-state index contributed by atoms with van der Waals surface area (Å²) in [6, 6.07) is 0. The van der Waals surface area contributed by atoms with Crippen LogP contribution >= 0.6 is 15.2 Å². The van der Waals surface area contributed by atoms with Gasteiger partial charge in [-0.2, -0.15) is 0 Å². The van der Waals surface area contributed by atoms with Gasteiger partial charge in [-0.15, -0.1) is 0 Å². The molecule has 0 amide bonds. The summed E-state index contributed by atoms with van der Waals surface area (Å²) < 4.78 is 32.4. The number of hydrogen-bond donors (Lipinski definition) is 2. The van der Waals surface area contributed by atoms with Crippen LogP contribution in [-0.2, 0) is 18.2 Å². The molecule has 22 heavy (non-hydrogen) atoms. The van der Waals surface area contributed by atoms with E-state index in [4.69, 9.17) is 9.05 Å². The number of rotatable bonds is 6. The first-order chi connectivity index (χ1) is 9.62. The molecule has 2 atom stereocenters. The minimum absolute atomic E-state index is 0.352. The van der Waals surface area contributed by atoms with Gasteiger partial charge in [-0.25, -0.2) is 0 Å². The van der Waals surface area contributed by atoms with Crippen LogP contribution in [0.5, 0.6) is 0 Å². The van der Waals surface area contributed by atoms with E-state index in [0.29, 0.717) is 13.2 Å². The summed E-state index contributed by atoms with van der Waals surface area (Å²) >= 11 is 0. The molecule has 0 bridgehead atoms. The Labute approximate surface area is 135 Å². The predicted octanol–water partition coefficient (Wildman–Crippen LogP) is 4.79. The molecule has 2 unspecified atom stereocenters. The van der Waals surface area contributed by atoms with Crippen molar-refractivity contribution < 1.29 is 28.0 Å². The minimum Gasteiger partial charge on any atom is -0.324 e. The van der Waals surface area contributed by atoms with E-state index in [1.54, 1.807) is 41.5 Å². The van der Waals surface area contributed by atoms with Crippen molar-refractivity contribution in [1.82, 2.24) is 0 Å². The normalized spacial score (nSPS) is 17.9. The lowest BCUT2D eigenvalue weighted by Crippen LogP contribution is -2.16. The lowest BCUT2D eigenvalue weighted by Gasteiger charge is -2.24. The van der Waals surface area contributed by atoms with E-state index in [0.717, 1.165) is 12.8 Å². The zero-order chi connectivity index (χ0) is 18.2. The second-order valence-electron chi connectivity index (χ2n) is 7.05. The molecule has 2 N–H and O–H groups in total. The fourth-order valence-corrected chi connectivity index (χ4v) is 2.45. The molecule has 6 nitrogen and oxygen atoms in total. The third-order valence-electron chi connectivity index (χ3n) is 2.64. The SMILES string of the molecule is CCCOP(=O)(O)C(C)(C)C.CCCOP(=O)(O)C(C)(C)C. The van der Waals surface area contributed by atoms with Crippen molar-refractivity contribution in [2.45, 2.75) is 78.5 Å². The van der Waals surface area contributed by atoms with Gasteiger partial charge >= 0.3 is 15.2 Å². The van der Waals surface area contributed by atoms with Crippen LogP contribution in [0.1, 0.15) is 68.2 Å². The van der Waals surface area contributed by atoms with Crippen LogP contribution in [0.25, 0.3) is 0 Å². The van der Waals surface area contributed by atoms with Crippen molar-refractivity contribution >= 4 is 15.2 Å². The van der Waals surface area contributed by atoms with E-state index in [1.165, 1.54) is 0 Å². The molecule has 0 heterocycles. The molecule has 0 saturated carbocycles. The topological polar surface area (TPSA) is 93.1 Å². The maximum atomic E-state index is 11.3. The van der Waals surface area contributed by atoms with Crippen molar-refractivity contribution in [3.8, 4) is 0 Å². The Kier molecular flexibility index (Phi) is 10.7. The molecule has 0 radical (unpaired) electrons. The molecular formula is C14H34O6P2. The Balaban J connectivity index is 0. The van der Waals surface area contributed by atoms with E-state index in [2.05, 4.69) is 0 Å². The molecule has 8 heteroatoms. The van der Waals surface area contributed by atoms with Crippen LogP contribution < -0.4 is 0 Å². The van der Waals surface area contributed by atoms with Gasteiger partial charge in [-0.05, 0) is 54.4 Å². The van der Waals surface area contributed by atoms with Gasteiger partial charge < -0.3 is 18.8 Å². The molecule has 0 aliphatic rings. The molecule has 0 aromatic rings. The van der Waals surface area contributed by atoms with Crippen LogP contribution in [-0.4, -0.2) is 33.3 Å². The first-order valence-electron chi connectivity index (χ1n) is 7.57. The first-order valence-corrected chi connectivity index (χ1v) is 10.7. The van der Waals surface area contributed by atoms with Crippen molar-refractivity contribution in [2.24, 2.45) is 0 Å². The van der Waals surface area contributed by atoms with E-state index in [9.17, 15) is 18.9 Å². The molecule has 0 aliphatic heterocycles. The average Bonchev–Trinajstić information content (AvgIpc) is 2.32. The second kappa shape index (κ2) is 9.56. The van der Waals surface area contributed by atoms with Gasteiger partial charge in [0.2, 0.25) is 0 Å². The summed E-state index contributed by atoms with van der Waals surface area (Å²) in [4.78, 5) is 18.6. The molecule has 0 aliphatic carbocycles. The highest BCUT2D eigenvalue weighted by atomic mass is 31.2. The van der Waals surface area contributed by atoms with Gasteiger partial charge in [0, 0.05) is 0 Å². The summed E-state index contributed by atoms with van der Waals surface area (Å²) in [6.07, 6.45) is 1.53. The van der Waals surface area contributed by atoms with Crippen molar-refractivity contribution in [3.63, 3.8) is 0 Å². The zero-order valence-electron chi connectivity index (χ0n) is 15.3. The Hall–Kier alpha value is 0.300. The Morgan fingerprint density at radius 3 is 1.09 bits per heavy atom. The average molecular weight is 360 g/mol. The van der Waals surface area contributed by atoms with Crippen LogP contribution in [0.15, 0.2) is 0 Å². The molecule has 0 rings (SSSR count). The van der Waals surface area contributed by atoms with Crippen molar-refractivity contribution in [3.05, 3.63) is 0 Å². The van der Waals surface area contributed by atoms with Crippen molar-refractivity contribution in [2.75, 3.05) is 13.2 Å². The van der Waals surface area contributed by atoms with Crippen molar-refractivity contribution in [1.29, 1.82) is 0 Å². The minimum atomic E-state index is -3.39. The van der Waals surface area contributed by atoms with E-state index < -0.39 is 25.5 Å². The third kappa shape index (κ3) is 9.44. The Bertz CT molecular complexity index is 357. The van der Waals surface area contributed by atoms with Gasteiger partial charge in [0.15, 0.2) is 0 Å². The molecular weight excluding hydrogens is 326 g/mol. The zero-order valence-corrected chi connectivity index (χ0v) is 17.0. The fourth-order valence-electron chi connectivity index (χ4n) is 0.817. The Morgan fingerprint density at radius 1 is 0.727 bits per heavy atom. The van der Waals surface area contributed by atoms with Crippen LogP contribution in [0, 0.1) is 0 Å². The summed E-state index contributed by atoms with van der Waals surface area (Å²) in [6.45, 7) is 14.7. The molecule has 136 valence electrons. The highest BCUT2D eigenvalue weighted by molar-refractivity contribution is 7.54. The standard InChI is InChI=1S/2C7H17O3P/c2*1-5-6-10-11(8,9)7(2,3)4/h2*5-6H2,1-4H3,(H,8,9). The quantitative estimate of drug-likeness (QED) is 0.661. The smallest absolute Gasteiger partial charge is 0.324 e. The van der Waals surface area contributed by atoms with Crippen LogP contribution in [0.2, 0.25) is 0 Å². The summed E-state index contributed by atoms with van der Waals surface area (Å²) in [5.41, 5.74) is 0. The summed E-state index contributed by atoms with van der Waals surface area (Å²) in [5.74, 6) is 0. The van der Waals surface area contributed by atoms with Gasteiger partial charge in [0.05, 0.1) is 23.5 Å². The van der Waals surface area contributed by atoms with Gasteiger partial charge in [-0.3, -0.25) is 9.13 Å². The summed E-state index contributed by atoms with van der Waals surface area (Å²) in [7, 11) is -6.79. The molecule has 0 aromatic carbocycles. The largest absolute Gasteiger partial charge is 0.333 e.